The molecule has 0 atom stereocenters. The topological polar surface area (TPSA) is 60.9 Å². The van der Waals surface area contributed by atoms with Gasteiger partial charge in [-0.3, -0.25) is 4.79 Å². The molecule has 4 nitrogen and oxygen atoms in total. The SMILES string of the molecule is Cn1ccnc1C(=O)CCCN. The maximum absolute atomic E-state index is 11.3. The van der Waals surface area contributed by atoms with Crippen LogP contribution < -0.4 is 5.73 Å². The molecule has 0 aromatic carbocycles. The summed E-state index contributed by atoms with van der Waals surface area (Å²) in [6, 6.07) is 0. The maximum atomic E-state index is 11.3. The van der Waals surface area contributed by atoms with Gasteiger partial charge in [0.15, 0.2) is 11.6 Å². The first-order valence-electron chi connectivity index (χ1n) is 3.96. The van der Waals surface area contributed by atoms with Crippen molar-refractivity contribution in [1.82, 2.24) is 9.55 Å². The molecular formula is C8H13N3O. The van der Waals surface area contributed by atoms with Crippen LogP contribution in [0.2, 0.25) is 0 Å². The summed E-state index contributed by atoms with van der Waals surface area (Å²) in [5.41, 5.74) is 5.29. The first-order chi connectivity index (χ1) is 5.75. The summed E-state index contributed by atoms with van der Waals surface area (Å²) >= 11 is 0. The monoisotopic (exact) mass is 167 g/mol. The van der Waals surface area contributed by atoms with Crippen LogP contribution in [0, 0.1) is 0 Å². The minimum absolute atomic E-state index is 0.0629. The number of rotatable bonds is 4. The lowest BCUT2D eigenvalue weighted by Gasteiger charge is -1.98. The van der Waals surface area contributed by atoms with Gasteiger partial charge < -0.3 is 10.3 Å². The highest BCUT2D eigenvalue weighted by atomic mass is 16.1. The van der Waals surface area contributed by atoms with E-state index >= 15 is 0 Å². The van der Waals surface area contributed by atoms with Gasteiger partial charge in [0, 0.05) is 25.9 Å². The van der Waals surface area contributed by atoms with E-state index in [0.717, 1.165) is 6.42 Å². The summed E-state index contributed by atoms with van der Waals surface area (Å²) in [7, 11) is 1.81. The number of hydrogen-bond donors (Lipinski definition) is 1. The lowest BCUT2D eigenvalue weighted by molar-refractivity contribution is 0.0968. The van der Waals surface area contributed by atoms with Crippen molar-refractivity contribution in [2.75, 3.05) is 6.54 Å². The molecule has 0 fully saturated rings. The van der Waals surface area contributed by atoms with Gasteiger partial charge in [-0.1, -0.05) is 0 Å². The third-order valence-electron chi connectivity index (χ3n) is 1.68. The van der Waals surface area contributed by atoms with Crippen molar-refractivity contribution >= 4 is 5.78 Å². The van der Waals surface area contributed by atoms with Crippen molar-refractivity contribution in [3.8, 4) is 0 Å². The summed E-state index contributed by atoms with van der Waals surface area (Å²) in [6.07, 6.45) is 4.60. The van der Waals surface area contributed by atoms with Gasteiger partial charge in [0.2, 0.25) is 0 Å². The Morgan fingerprint density at radius 2 is 2.50 bits per heavy atom. The number of aryl methyl sites for hydroxylation is 1. The minimum atomic E-state index is 0.0629. The third kappa shape index (κ3) is 1.92. The molecule has 0 amide bonds. The predicted octanol–water partition coefficient (Wildman–Crippen LogP) is 0.342. The van der Waals surface area contributed by atoms with E-state index < -0.39 is 0 Å². The lowest BCUT2D eigenvalue weighted by Crippen LogP contribution is -2.09. The van der Waals surface area contributed by atoms with E-state index in [4.69, 9.17) is 5.73 Å². The molecule has 12 heavy (non-hydrogen) atoms. The quantitative estimate of drug-likeness (QED) is 0.658. The van der Waals surface area contributed by atoms with Crippen molar-refractivity contribution in [3.05, 3.63) is 18.2 Å². The van der Waals surface area contributed by atoms with E-state index in [1.165, 1.54) is 0 Å². The van der Waals surface area contributed by atoms with Crippen LogP contribution in [0.25, 0.3) is 0 Å². The Morgan fingerprint density at radius 3 is 3.00 bits per heavy atom. The van der Waals surface area contributed by atoms with Gasteiger partial charge in [-0.15, -0.1) is 0 Å². The second kappa shape index (κ2) is 4.01. The van der Waals surface area contributed by atoms with E-state index in [0.29, 0.717) is 18.8 Å². The molecule has 1 rings (SSSR count). The minimum Gasteiger partial charge on any atom is -0.332 e. The maximum Gasteiger partial charge on any atom is 0.198 e. The first kappa shape index (κ1) is 8.93. The van der Waals surface area contributed by atoms with Crippen molar-refractivity contribution in [2.45, 2.75) is 12.8 Å². The molecule has 0 aliphatic carbocycles. The second-order valence-corrected chi connectivity index (χ2v) is 2.68. The number of hydrogen-bond acceptors (Lipinski definition) is 3. The largest absolute Gasteiger partial charge is 0.332 e. The fraction of sp³-hybridized carbons (Fsp3) is 0.500. The van der Waals surface area contributed by atoms with Crippen LogP contribution in [0.5, 0.6) is 0 Å². The van der Waals surface area contributed by atoms with Gasteiger partial charge in [-0.2, -0.15) is 0 Å². The third-order valence-corrected chi connectivity index (χ3v) is 1.68. The van der Waals surface area contributed by atoms with Crippen molar-refractivity contribution in [2.24, 2.45) is 12.8 Å². The van der Waals surface area contributed by atoms with Crippen LogP contribution in [-0.2, 0) is 7.05 Å². The fourth-order valence-electron chi connectivity index (χ4n) is 1.01. The van der Waals surface area contributed by atoms with Crippen LogP contribution in [0.3, 0.4) is 0 Å². The van der Waals surface area contributed by atoms with Gasteiger partial charge >= 0.3 is 0 Å². The summed E-state index contributed by atoms with van der Waals surface area (Å²) in [5.74, 6) is 0.580. The van der Waals surface area contributed by atoms with E-state index in [1.54, 1.807) is 17.0 Å². The van der Waals surface area contributed by atoms with E-state index in [2.05, 4.69) is 4.98 Å². The standard InChI is InChI=1S/C8H13N3O/c1-11-6-5-10-8(11)7(12)3-2-4-9/h5-6H,2-4,9H2,1H3. The van der Waals surface area contributed by atoms with Gasteiger partial charge in [-0.05, 0) is 13.0 Å². The van der Waals surface area contributed by atoms with Crippen LogP contribution in [-0.4, -0.2) is 21.9 Å². The predicted molar refractivity (Wildman–Crippen MR) is 45.8 cm³/mol. The molecule has 66 valence electrons. The zero-order valence-electron chi connectivity index (χ0n) is 7.16. The highest BCUT2D eigenvalue weighted by Crippen LogP contribution is 2.00. The number of nitrogens with zero attached hydrogens (tertiary/aromatic N) is 2. The van der Waals surface area contributed by atoms with Crippen LogP contribution in [0.1, 0.15) is 23.5 Å². The van der Waals surface area contributed by atoms with Crippen molar-refractivity contribution in [1.29, 1.82) is 0 Å². The summed E-state index contributed by atoms with van der Waals surface area (Å²) < 4.78 is 1.72. The molecule has 0 saturated carbocycles. The Hall–Kier alpha value is -1.16. The zero-order valence-corrected chi connectivity index (χ0v) is 7.16. The first-order valence-corrected chi connectivity index (χ1v) is 3.96. The zero-order chi connectivity index (χ0) is 8.97. The Bertz CT molecular complexity index is 267. The van der Waals surface area contributed by atoms with Gasteiger partial charge in [-0.25, -0.2) is 4.98 Å². The fourth-order valence-corrected chi connectivity index (χ4v) is 1.01. The molecule has 0 aliphatic heterocycles. The van der Waals surface area contributed by atoms with Gasteiger partial charge in [0.05, 0.1) is 0 Å². The number of ketones is 1. The number of nitrogens with two attached hydrogens (primary N) is 1. The molecule has 0 bridgehead atoms. The summed E-state index contributed by atoms with van der Waals surface area (Å²) in [4.78, 5) is 15.3. The average molecular weight is 167 g/mol. The Balaban J connectivity index is 2.59. The van der Waals surface area contributed by atoms with Crippen LogP contribution >= 0.6 is 0 Å². The molecule has 4 heteroatoms. The molecule has 1 heterocycles. The molecule has 2 N–H and O–H groups in total. The highest BCUT2D eigenvalue weighted by molar-refractivity contribution is 5.92. The lowest BCUT2D eigenvalue weighted by atomic mass is 10.2. The summed E-state index contributed by atoms with van der Waals surface area (Å²) in [5, 5.41) is 0. The van der Waals surface area contributed by atoms with Crippen LogP contribution in [0.4, 0.5) is 0 Å². The number of carbonyl (C=O) groups excluding carboxylic acids is 1. The van der Waals surface area contributed by atoms with Crippen molar-refractivity contribution in [3.63, 3.8) is 0 Å². The molecule has 0 spiro atoms. The molecule has 1 aromatic rings. The molecule has 0 saturated heterocycles. The van der Waals surface area contributed by atoms with E-state index in [1.807, 2.05) is 7.05 Å². The van der Waals surface area contributed by atoms with Crippen molar-refractivity contribution < 1.29 is 4.79 Å². The summed E-state index contributed by atoms with van der Waals surface area (Å²) in [6.45, 7) is 0.552. The molecule has 0 aliphatic rings. The normalized spacial score (nSPS) is 10.2. The Kier molecular flexibility index (Phi) is 2.99. The van der Waals surface area contributed by atoms with Gasteiger partial charge in [0.1, 0.15) is 0 Å². The Labute approximate surface area is 71.4 Å². The average Bonchev–Trinajstić information content (AvgIpc) is 2.47. The van der Waals surface area contributed by atoms with E-state index in [-0.39, 0.29) is 5.78 Å². The number of aromatic nitrogens is 2. The second-order valence-electron chi connectivity index (χ2n) is 2.68. The molecule has 1 aromatic heterocycles. The highest BCUT2D eigenvalue weighted by Gasteiger charge is 2.08. The Morgan fingerprint density at radius 1 is 1.75 bits per heavy atom. The van der Waals surface area contributed by atoms with Gasteiger partial charge in [0.25, 0.3) is 0 Å². The smallest absolute Gasteiger partial charge is 0.198 e. The van der Waals surface area contributed by atoms with Crippen LogP contribution in [0.15, 0.2) is 12.4 Å². The van der Waals surface area contributed by atoms with E-state index in [9.17, 15) is 4.79 Å². The molecular weight excluding hydrogens is 154 g/mol. The number of Topliss-reactive ketones (excluding diaryl/α,β-unsaturated/α-hetero) is 1. The number of imidazole rings is 1. The molecule has 0 unspecified atom stereocenters. The molecule has 0 radical (unpaired) electrons. The number of carbonyl (C=O) groups is 1.